The van der Waals surface area contributed by atoms with Crippen LogP contribution in [0.2, 0.25) is 0 Å². The molecule has 1 rings (SSSR count). The van der Waals surface area contributed by atoms with Crippen molar-refractivity contribution in [3.05, 3.63) is 23.9 Å². The number of rotatable bonds is 6. The molecule has 1 N–H and O–H groups in total. The molecule has 0 aliphatic rings. The van der Waals surface area contributed by atoms with Crippen molar-refractivity contribution in [3.8, 4) is 0 Å². The van der Waals surface area contributed by atoms with E-state index < -0.39 is 17.7 Å². The van der Waals surface area contributed by atoms with Crippen molar-refractivity contribution in [2.75, 3.05) is 11.4 Å². The number of nitrogens with zero attached hydrogens (tertiary/aromatic N) is 2. The number of halogens is 3. The molecule has 1 heterocycles. The number of aromatic nitrogens is 1. The van der Waals surface area contributed by atoms with Crippen LogP contribution < -0.4 is 4.90 Å². The van der Waals surface area contributed by atoms with Gasteiger partial charge in [0, 0.05) is 25.2 Å². The minimum atomic E-state index is -4.41. The molecule has 0 saturated carbocycles. The summed E-state index contributed by atoms with van der Waals surface area (Å²) in [5.74, 6) is -0.479. The van der Waals surface area contributed by atoms with Gasteiger partial charge in [-0.15, -0.1) is 0 Å². The number of pyridine rings is 1. The highest BCUT2D eigenvalue weighted by Crippen LogP contribution is 2.29. The van der Waals surface area contributed by atoms with E-state index in [9.17, 15) is 18.0 Å². The monoisotopic (exact) mass is 290 g/mol. The molecular formula is C13H17F3N2O2. The van der Waals surface area contributed by atoms with Gasteiger partial charge in [0.2, 0.25) is 0 Å². The molecule has 0 fully saturated rings. The third-order valence-corrected chi connectivity index (χ3v) is 2.78. The van der Waals surface area contributed by atoms with E-state index in [0.717, 1.165) is 12.3 Å². The molecule has 0 bridgehead atoms. The van der Waals surface area contributed by atoms with Crippen LogP contribution in [-0.2, 0) is 11.0 Å². The van der Waals surface area contributed by atoms with E-state index in [1.54, 1.807) is 4.90 Å². The zero-order valence-electron chi connectivity index (χ0n) is 11.3. The average Bonchev–Trinajstić information content (AvgIpc) is 2.33. The van der Waals surface area contributed by atoms with Crippen LogP contribution in [0.4, 0.5) is 19.0 Å². The van der Waals surface area contributed by atoms with Gasteiger partial charge >= 0.3 is 12.1 Å². The fraction of sp³-hybridized carbons (Fsp3) is 0.538. The first kappa shape index (κ1) is 16.3. The Labute approximate surface area is 115 Å². The van der Waals surface area contributed by atoms with Gasteiger partial charge in [-0.1, -0.05) is 0 Å². The molecule has 0 aromatic carbocycles. The molecule has 0 aliphatic carbocycles. The average molecular weight is 290 g/mol. The highest BCUT2D eigenvalue weighted by Gasteiger charge is 2.30. The summed E-state index contributed by atoms with van der Waals surface area (Å²) in [6.45, 7) is 4.18. The Balaban J connectivity index is 2.79. The highest BCUT2D eigenvalue weighted by molar-refractivity contribution is 5.66. The minimum Gasteiger partial charge on any atom is -0.481 e. The summed E-state index contributed by atoms with van der Waals surface area (Å²) in [6, 6.07) is 2.31. The Morgan fingerprint density at radius 3 is 2.45 bits per heavy atom. The molecule has 4 nitrogen and oxygen atoms in total. The van der Waals surface area contributed by atoms with Gasteiger partial charge in [-0.2, -0.15) is 13.2 Å². The fourth-order valence-corrected chi connectivity index (χ4v) is 1.76. The standard InChI is InChI=1S/C13H17F3N2O2/c1-9(2)18(7-3-4-12(19)20)11-6-5-10(8-17-11)13(14,15)16/h5-6,8-9H,3-4,7H2,1-2H3,(H,19,20). The summed E-state index contributed by atoms with van der Waals surface area (Å²) in [6.07, 6.45) is -3.18. The summed E-state index contributed by atoms with van der Waals surface area (Å²) in [5, 5.41) is 8.60. The van der Waals surface area contributed by atoms with E-state index in [2.05, 4.69) is 4.98 Å². The SMILES string of the molecule is CC(C)N(CCCC(=O)O)c1ccc(C(F)(F)F)cn1. The normalized spacial score (nSPS) is 11.7. The third-order valence-electron chi connectivity index (χ3n) is 2.78. The number of alkyl halides is 3. The molecule has 1 aromatic rings. The summed E-state index contributed by atoms with van der Waals surface area (Å²) in [7, 11) is 0. The first-order valence-electron chi connectivity index (χ1n) is 6.23. The van der Waals surface area contributed by atoms with Crippen LogP contribution in [-0.4, -0.2) is 28.6 Å². The first-order valence-corrected chi connectivity index (χ1v) is 6.23. The molecule has 0 spiro atoms. The number of anilines is 1. The van der Waals surface area contributed by atoms with Crippen molar-refractivity contribution in [1.29, 1.82) is 0 Å². The summed E-state index contributed by atoms with van der Waals surface area (Å²) in [4.78, 5) is 16.1. The molecule has 20 heavy (non-hydrogen) atoms. The van der Waals surface area contributed by atoms with Gasteiger partial charge < -0.3 is 10.0 Å². The fourth-order valence-electron chi connectivity index (χ4n) is 1.76. The molecule has 1 aromatic heterocycles. The second-order valence-corrected chi connectivity index (χ2v) is 4.69. The first-order chi connectivity index (χ1) is 9.21. The second-order valence-electron chi connectivity index (χ2n) is 4.69. The van der Waals surface area contributed by atoms with E-state index in [1.807, 2.05) is 13.8 Å². The van der Waals surface area contributed by atoms with Gasteiger partial charge in [0.25, 0.3) is 0 Å². The second kappa shape index (κ2) is 6.58. The van der Waals surface area contributed by atoms with E-state index in [0.29, 0.717) is 18.8 Å². The smallest absolute Gasteiger partial charge is 0.417 e. The van der Waals surface area contributed by atoms with Gasteiger partial charge in [0.1, 0.15) is 5.82 Å². The van der Waals surface area contributed by atoms with Crippen LogP contribution in [0.25, 0.3) is 0 Å². The summed E-state index contributed by atoms with van der Waals surface area (Å²) < 4.78 is 37.4. The van der Waals surface area contributed by atoms with E-state index >= 15 is 0 Å². The molecule has 0 atom stereocenters. The highest BCUT2D eigenvalue weighted by atomic mass is 19.4. The van der Waals surface area contributed by atoms with Crippen molar-refractivity contribution in [3.63, 3.8) is 0 Å². The van der Waals surface area contributed by atoms with Gasteiger partial charge in [-0.3, -0.25) is 4.79 Å². The van der Waals surface area contributed by atoms with E-state index in [-0.39, 0.29) is 12.5 Å². The van der Waals surface area contributed by atoms with Crippen LogP contribution in [0.1, 0.15) is 32.3 Å². The lowest BCUT2D eigenvalue weighted by molar-refractivity contribution is -0.138. The quantitative estimate of drug-likeness (QED) is 0.874. The predicted molar refractivity (Wildman–Crippen MR) is 68.6 cm³/mol. The van der Waals surface area contributed by atoms with E-state index in [4.69, 9.17) is 5.11 Å². The Morgan fingerprint density at radius 2 is 2.05 bits per heavy atom. The lowest BCUT2D eigenvalue weighted by Gasteiger charge is -2.27. The lowest BCUT2D eigenvalue weighted by Crippen LogP contribution is -2.32. The lowest BCUT2D eigenvalue weighted by atomic mass is 10.2. The molecular weight excluding hydrogens is 273 g/mol. The molecule has 0 amide bonds. The van der Waals surface area contributed by atoms with Gasteiger partial charge in [0.15, 0.2) is 0 Å². The summed E-state index contributed by atoms with van der Waals surface area (Å²) in [5.41, 5.74) is -0.796. The van der Waals surface area contributed by atoms with Gasteiger partial charge in [-0.05, 0) is 32.4 Å². The topological polar surface area (TPSA) is 53.4 Å². The number of carboxylic acids is 1. The minimum absolute atomic E-state index is 0.0177. The van der Waals surface area contributed by atoms with Crippen LogP contribution in [0.5, 0.6) is 0 Å². The molecule has 0 aliphatic heterocycles. The Bertz CT molecular complexity index is 444. The number of carbonyl (C=O) groups is 1. The Hall–Kier alpha value is -1.79. The Morgan fingerprint density at radius 1 is 1.40 bits per heavy atom. The number of hydrogen-bond donors (Lipinski definition) is 1. The van der Waals surface area contributed by atoms with Crippen molar-refractivity contribution >= 4 is 11.8 Å². The van der Waals surface area contributed by atoms with Crippen molar-refractivity contribution in [2.24, 2.45) is 0 Å². The van der Waals surface area contributed by atoms with Crippen molar-refractivity contribution in [2.45, 2.75) is 38.9 Å². The largest absolute Gasteiger partial charge is 0.481 e. The molecule has 112 valence electrons. The number of aliphatic carboxylic acids is 1. The maximum atomic E-state index is 12.5. The summed E-state index contributed by atoms with van der Waals surface area (Å²) >= 11 is 0. The van der Waals surface area contributed by atoms with E-state index in [1.165, 1.54) is 6.07 Å². The predicted octanol–water partition coefficient (Wildman–Crippen LogP) is 3.18. The molecule has 0 radical (unpaired) electrons. The number of hydrogen-bond acceptors (Lipinski definition) is 3. The zero-order chi connectivity index (χ0) is 15.3. The van der Waals surface area contributed by atoms with Crippen LogP contribution >= 0.6 is 0 Å². The molecule has 0 unspecified atom stereocenters. The van der Waals surface area contributed by atoms with Gasteiger partial charge in [-0.25, -0.2) is 4.98 Å². The third kappa shape index (κ3) is 4.71. The van der Waals surface area contributed by atoms with Gasteiger partial charge in [0.05, 0.1) is 5.56 Å². The molecule has 7 heteroatoms. The molecule has 0 saturated heterocycles. The van der Waals surface area contributed by atoms with Crippen molar-refractivity contribution < 1.29 is 23.1 Å². The van der Waals surface area contributed by atoms with Crippen molar-refractivity contribution in [1.82, 2.24) is 4.98 Å². The zero-order valence-corrected chi connectivity index (χ0v) is 11.3. The van der Waals surface area contributed by atoms with Crippen LogP contribution in [0.3, 0.4) is 0 Å². The Kier molecular flexibility index (Phi) is 5.35. The maximum Gasteiger partial charge on any atom is 0.417 e. The van der Waals surface area contributed by atoms with Crippen LogP contribution in [0.15, 0.2) is 18.3 Å². The van der Waals surface area contributed by atoms with Crippen LogP contribution in [0, 0.1) is 0 Å². The number of carboxylic acid groups (broad SMARTS) is 1. The maximum absolute atomic E-state index is 12.5.